The molecule has 0 N–H and O–H groups in total. The molecule has 108 valence electrons. The number of aryl methyl sites for hydroxylation is 1. The zero-order chi connectivity index (χ0) is 15.4. The van der Waals surface area contributed by atoms with Crippen LogP contribution in [0.3, 0.4) is 0 Å². The Kier molecular flexibility index (Phi) is 4.61. The van der Waals surface area contributed by atoms with Gasteiger partial charge in [-0.3, -0.25) is 9.36 Å². The normalized spacial score (nSPS) is 10.3. The minimum Gasteiger partial charge on any atom is -0.300 e. The van der Waals surface area contributed by atoms with Gasteiger partial charge in [0, 0.05) is 23.8 Å². The van der Waals surface area contributed by atoms with E-state index in [2.05, 4.69) is 0 Å². The Balaban J connectivity index is 2.45. The van der Waals surface area contributed by atoms with Crippen molar-refractivity contribution >= 4 is 11.6 Å². The van der Waals surface area contributed by atoms with E-state index in [1.54, 1.807) is 12.1 Å². The van der Waals surface area contributed by atoms with Crippen LogP contribution < -0.4 is 11.2 Å². The van der Waals surface area contributed by atoms with Crippen LogP contribution in [-0.2, 0) is 13.1 Å². The molecule has 21 heavy (non-hydrogen) atoms. The zero-order valence-electron chi connectivity index (χ0n) is 11.5. The SMILES string of the molecule is CCCn1ccc(=O)n(Cc2ccc(C#N)cc2Cl)c1=O. The van der Waals surface area contributed by atoms with Crippen LogP contribution in [0, 0.1) is 11.3 Å². The van der Waals surface area contributed by atoms with E-state index in [4.69, 9.17) is 16.9 Å². The van der Waals surface area contributed by atoms with Gasteiger partial charge in [-0.1, -0.05) is 24.6 Å². The monoisotopic (exact) mass is 303 g/mol. The van der Waals surface area contributed by atoms with Crippen molar-refractivity contribution in [3.8, 4) is 6.07 Å². The molecule has 1 aromatic heterocycles. The summed E-state index contributed by atoms with van der Waals surface area (Å²) in [6, 6.07) is 8.15. The molecule has 0 saturated heterocycles. The van der Waals surface area contributed by atoms with Crippen LogP contribution in [0.1, 0.15) is 24.5 Å². The second kappa shape index (κ2) is 6.42. The first-order valence-corrected chi connectivity index (χ1v) is 6.93. The lowest BCUT2D eigenvalue weighted by Crippen LogP contribution is -2.39. The first-order chi connectivity index (χ1) is 10.1. The van der Waals surface area contributed by atoms with E-state index in [9.17, 15) is 9.59 Å². The zero-order valence-corrected chi connectivity index (χ0v) is 12.3. The minimum absolute atomic E-state index is 0.0900. The minimum atomic E-state index is -0.368. The molecule has 0 atom stereocenters. The molecule has 2 aromatic rings. The summed E-state index contributed by atoms with van der Waals surface area (Å²) in [6.45, 7) is 2.60. The summed E-state index contributed by atoms with van der Waals surface area (Å²) in [5, 5.41) is 9.18. The Labute approximate surface area is 126 Å². The number of halogens is 1. The molecule has 0 saturated carbocycles. The van der Waals surface area contributed by atoms with Gasteiger partial charge >= 0.3 is 5.69 Å². The number of benzene rings is 1. The van der Waals surface area contributed by atoms with E-state index in [0.29, 0.717) is 22.7 Å². The Bertz CT molecular complexity index is 815. The third-order valence-corrected chi connectivity index (χ3v) is 3.47. The highest BCUT2D eigenvalue weighted by molar-refractivity contribution is 6.31. The number of aromatic nitrogens is 2. The molecule has 0 unspecified atom stereocenters. The van der Waals surface area contributed by atoms with Gasteiger partial charge in [-0.2, -0.15) is 5.26 Å². The maximum Gasteiger partial charge on any atom is 0.331 e. The van der Waals surface area contributed by atoms with Crippen LogP contribution in [0.5, 0.6) is 0 Å². The summed E-state index contributed by atoms with van der Waals surface area (Å²) in [4.78, 5) is 24.1. The highest BCUT2D eigenvalue weighted by atomic mass is 35.5. The second-order valence-electron chi connectivity index (χ2n) is 4.63. The van der Waals surface area contributed by atoms with Gasteiger partial charge in [0.2, 0.25) is 0 Å². The Hall–Kier alpha value is -2.32. The first-order valence-electron chi connectivity index (χ1n) is 6.55. The standard InChI is InChI=1S/C15H14ClN3O2/c1-2-6-18-7-5-14(20)19(15(18)21)10-12-4-3-11(9-17)8-13(12)16/h3-5,7-8H,2,6,10H2,1H3. The van der Waals surface area contributed by atoms with Gasteiger partial charge in [-0.05, 0) is 24.1 Å². The van der Waals surface area contributed by atoms with E-state index in [1.807, 2.05) is 13.0 Å². The molecule has 0 aliphatic carbocycles. The van der Waals surface area contributed by atoms with Gasteiger partial charge in [0.15, 0.2) is 0 Å². The maximum atomic E-state index is 12.2. The summed E-state index contributed by atoms with van der Waals surface area (Å²) < 4.78 is 2.64. The summed E-state index contributed by atoms with van der Waals surface area (Å²) in [6.07, 6.45) is 2.31. The molecule has 0 aliphatic rings. The van der Waals surface area contributed by atoms with Gasteiger partial charge in [0.25, 0.3) is 5.56 Å². The van der Waals surface area contributed by atoms with E-state index in [1.165, 1.54) is 22.9 Å². The molecule has 0 fully saturated rings. The molecule has 0 bridgehead atoms. The molecule has 6 heteroatoms. The quantitative estimate of drug-likeness (QED) is 0.867. The highest BCUT2D eigenvalue weighted by Gasteiger charge is 2.08. The third kappa shape index (κ3) is 3.23. The van der Waals surface area contributed by atoms with Crippen LogP contribution in [0.2, 0.25) is 5.02 Å². The Morgan fingerprint density at radius 3 is 2.67 bits per heavy atom. The molecule has 0 radical (unpaired) electrons. The Morgan fingerprint density at radius 1 is 1.29 bits per heavy atom. The van der Waals surface area contributed by atoms with Crippen molar-refractivity contribution in [2.24, 2.45) is 0 Å². The molecular weight excluding hydrogens is 290 g/mol. The molecule has 0 spiro atoms. The predicted molar refractivity (Wildman–Crippen MR) is 80.5 cm³/mol. The summed E-state index contributed by atoms with van der Waals surface area (Å²) in [5.74, 6) is 0. The summed E-state index contributed by atoms with van der Waals surface area (Å²) in [7, 11) is 0. The molecule has 2 rings (SSSR count). The van der Waals surface area contributed by atoms with Crippen molar-refractivity contribution in [1.82, 2.24) is 9.13 Å². The second-order valence-corrected chi connectivity index (χ2v) is 5.04. The van der Waals surface area contributed by atoms with Crippen molar-refractivity contribution in [3.05, 3.63) is 67.4 Å². The predicted octanol–water partition coefficient (Wildman–Crippen LogP) is 1.99. The number of rotatable bonds is 4. The number of hydrogen-bond donors (Lipinski definition) is 0. The van der Waals surface area contributed by atoms with Crippen LogP contribution in [0.25, 0.3) is 0 Å². The fraction of sp³-hybridized carbons (Fsp3) is 0.267. The summed E-state index contributed by atoms with van der Waals surface area (Å²) in [5.41, 5.74) is 0.342. The molecular formula is C15H14ClN3O2. The lowest BCUT2D eigenvalue weighted by molar-refractivity contribution is 0.571. The molecule has 1 aromatic carbocycles. The molecule has 0 amide bonds. The smallest absolute Gasteiger partial charge is 0.300 e. The lowest BCUT2D eigenvalue weighted by Gasteiger charge is -2.10. The van der Waals surface area contributed by atoms with Crippen molar-refractivity contribution in [2.45, 2.75) is 26.4 Å². The van der Waals surface area contributed by atoms with Gasteiger partial charge in [-0.15, -0.1) is 0 Å². The Morgan fingerprint density at radius 2 is 2.05 bits per heavy atom. The number of nitriles is 1. The molecule has 5 nitrogen and oxygen atoms in total. The average molecular weight is 304 g/mol. The van der Waals surface area contributed by atoms with Gasteiger partial charge in [0.05, 0.1) is 18.2 Å². The van der Waals surface area contributed by atoms with Crippen LogP contribution in [0.15, 0.2) is 40.1 Å². The summed E-state index contributed by atoms with van der Waals surface area (Å²) >= 11 is 6.09. The highest BCUT2D eigenvalue weighted by Crippen LogP contribution is 2.17. The third-order valence-electron chi connectivity index (χ3n) is 3.11. The van der Waals surface area contributed by atoms with Gasteiger partial charge in [-0.25, -0.2) is 4.79 Å². The van der Waals surface area contributed by atoms with E-state index < -0.39 is 0 Å². The van der Waals surface area contributed by atoms with Crippen LogP contribution in [0.4, 0.5) is 0 Å². The number of nitrogens with zero attached hydrogens (tertiary/aromatic N) is 3. The van der Waals surface area contributed by atoms with Crippen molar-refractivity contribution in [2.75, 3.05) is 0 Å². The first kappa shape index (κ1) is 15.1. The topological polar surface area (TPSA) is 67.8 Å². The van der Waals surface area contributed by atoms with E-state index in [-0.39, 0.29) is 17.8 Å². The lowest BCUT2D eigenvalue weighted by atomic mass is 10.1. The van der Waals surface area contributed by atoms with E-state index >= 15 is 0 Å². The fourth-order valence-corrected chi connectivity index (χ4v) is 2.27. The fourth-order valence-electron chi connectivity index (χ4n) is 2.03. The largest absolute Gasteiger partial charge is 0.331 e. The average Bonchev–Trinajstić information content (AvgIpc) is 2.48. The van der Waals surface area contributed by atoms with Crippen molar-refractivity contribution in [1.29, 1.82) is 5.26 Å². The van der Waals surface area contributed by atoms with Crippen molar-refractivity contribution in [3.63, 3.8) is 0 Å². The maximum absolute atomic E-state index is 12.2. The molecule has 0 aliphatic heterocycles. The van der Waals surface area contributed by atoms with Gasteiger partial charge < -0.3 is 4.57 Å². The van der Waals surface area contributed by atoms with Crippen LogP contribution >= 0.6 is 11.6 Å². The van der Waals surface area contributed by atoms with Gasteiger partial charge in [0.1, 0.15) is 0 Å². The van der Waals surface area contributed by atoms with Crippen LogP contribution in [-0.4, -0.2) is 9.13 Å². The number of hydrogen-bond acceptors (Lipinski definition) is 3. The van der Waals surface area contributed by atoms with Crippen molar-refractivity contribution < 1.29 is 0 Å². The van der Waals surface area contributed by atoms with E-state index in [0.717, 1.165) is 11.0 Å². The molecule has 1 heterocycles.